The molecule has 6 nitrogen and oxygen atoms in total. The molecule has 0 radical (unpaired) electrons. The summed E-state index contributed by atoms with van der Waals surface area (Å²) in [6.07, 6.45) is 0. The Hall–Kier alpha value is -2.70. The maximum Gasteiger partial charge on any atom is 0.204 e. The number of rotatable bonds is 0. The summed E-state index contributed by atoms with van der Waals surface area (Å²) in [5.74, 6) is -1.62. The van der Waals surface area contributed by atoms with Crippen LogP contribution in [0.4, 0.5) is 11.4 Å². The van der Waals surface area contributed by atoms with Crippen LogP contribution >= 0.6 is 0 Å². The Morgan fingerprint density at radius 2 is 1.00 bits per heavy atom. The Labute approximate surface area is 113 Å². The van der Waals surface area contributed by atoms with E-state index in [0.717, 1.165) is 0 Å². The second-order valence-corrected chi connectivity index (χ2v) is 4.65. The van der Waals surface area contributed by atoms with E-state index in [4.69, 9.17) is 0 Å². The Morgan fingerprint density at radius 1 is 0.650 bits per heavy atom. The summed E-state index contributed by atoms with van der Waals surface area (Å²) >= 11 is 0. The van der Waals surface area contributed by atoms with Crippen molar-refractivity contribution in [3.63, 3.8) is 0 Å². The highest BCUT2D eigenvalue weighted by Crippen LogP contribution is 2.39. The van der Waals surface area contributed by atoms with Crippen molar-refractivity contribution in [2.75, 3.05) is 0 Å². The average molecular weight is 272 g/mol. The maximum atomic E-state index is 12.5. The van der Waals surface area contributed by atoms with Crippen LogP contribution in [0.2, 0.25) is 0 Å². The first-order valence-corrected chi connectivity index (χ1v) is 5.88. The molecule has 0 spiro atoms. The molecule has 8 N–H and O–H groups in total. The third kappa shape index (κ3) is 1.40. The SMILES string of the molecule is [NH3+]c1ccc(O)c2c1C(=O)c1c(O)ccc([NH3+])c1C2=O. The monoisotopic (exact) mass is 272 g/mol. The molecule has 100 valence electrons. The van der Waals surface area contributed by atoms with E-state index in [1.54, 1.807) is 0 Å². The first-order valence-electron chi connectivity index (χ1n) is 5.88. The van der Waals surface area contributed by atoms with Gasteiger partial charge in [-0.25, -0.2) is 0 Å². The number of phenols is 2. The van der Waals surface area contributed by atoms with Gasteiger partial charge in [-0.1, -0.05) is 0 Å². The van der Waals surface area contributed by atoms with Crippen molar-refractivity contribution in [2.24, 2.45) is 0 Å². The minimum absolute atomic E-state index is 0.0309. The molecule has 1 aliphatic rings. The molecule has 0 unspecified atom stereocenters. The zero-order chi connectivity index (χ0) is 14.6. The van der Waals surface area contributed by atoms with Gasteiger partial charge < -0.3 is 21.7 Å². The van der Waals surface area contributed by atoms with Gasteiger partial charge in [0.25, 0.3) is 0 Å². The molecule has 0 amide bonds. The third-order valence-electron chi connectivity index (χ3n) is 3.45. The van der Waals surface area contributed by atoms with Crippen LogP contribution in [0.5, 0.6) is 11.5 Å². The number of fused-ring (bicyclic) bond motifs is 2. The number of ketones is 2. The number of phenolic OH excluding ortho intramolecular Hbond substituents is 2. The highest BCUT2D eigenvalue weighted by atomic mass is 16.3. The summed E-state index contributed by atoms with van der Waals surface area (Å²) in [7, 11) is 0. The number of quaternary nitrogens is 2. The maximum absolute atomic E-state index is 12.5. The van der Waals surface area contributed by atoms with Crippen molar-refractivity contribution in [1.29, 1.82) is 0 Å². The topological polar surface area (TPSA) is 130 Å². The molecule has 3 rings (SSSR count). The lowest BCUT2D eigenvalue weighted by Crippen LogP contribution is -2.45. The third-order valence-corrected chi connectivity index (χ3v) is 3.45. The lowest BCUT2D eigenvalue weighted by atomic mass is 9.81. The fraction of sp³-hybridized carbons (Fsp3) is 0. The second-order valence-electron chi connectivity index (χ2n) is 4.65. The van der Waals surface area contributed by atoms with Crippen LogP contribution in [0.3, 0.4) is 0 Å². The minimum Gasteiger partial charge on any atom is -0.507 e. The number of hydrogen-bond donors (Lipinski definition) is 4. The average Bonchev–Trinajstić information content (AvgIpc) is 2.41. The van der Waals surface area contributed by atoms with Crippen LogP contribution in [-0.2, 0) is 0 Å². The molecule has 0 saturated carbocycles. The molecule has 0 atom stereocenters. The van der Waals surface area contributed by atoms with E-state index in [1.165, 1.54) is 24.3 Å². The van der Waals surface area contributed by atoms with Gasteiger partial charge in [-0.15, -0.1) is 0 Å². The van der Waals surface area contributed by atoms with E-state index in [0.29, 0.717) is 11.4 Å². The Bertz CT molecular complexity index is 667. The van der Waals surface area contributed by atoms with E-state index in [1.807, 2.05) is 0 Å². The molecule has 20 heavy (non-hydrogen) atoms. The summed E-state index contributed by atoms with van der Waals surface area (Å²) in [6.45, 7) is 0. The van der Waals surface area contributed by atoms with E-state index >= 15 is 0 Å². The van der Waals surface area contributed by atoms with Crippen molar-refractivity contribution < 1.29 is 31.3 Å². The molecular weight excluding hydrogens is 260 g/mol. The van der Waals surface area contributed by atoms with Crippen molar-refractivity contribution in [1.82, 2.24) is 0 Å². The normalized spacial score (nSPS) is 13.1. The molecule has 2 aromatic rings. The first-order chi connectivity index (χ1) is 9.43. The van der Waals surface area contributed by atoms with Gasteiger partial charge in [-0.2, -0.15) is 0 Å². The molecular formula is C14H12N2O4+2. The van der Waals surface area contributed by atoms with Gasteiger partial charge in [0.1, 0.15) is 22.9 Å². The number of carbonyl (C=O) groups excluding carboxylic acids is 2. The number of carbonyl (C=O) groups is 2. The van der Waals surface area contributed by atoms with E-state index in [-0.39, 0.29) is 33.8 Å². The van der Waals surface area contributed by atoms with Crippen molar-refractivity contribution in [3.8, 4) is 11.5 Å². The quantitative estimate of drug-likeness (QED) is 0.444. The highest BCUT2D eigenvalue weighted by Gasteiger charge is 2.39. The molecule has 0 saturated heterocycles. The van der Waals surface area contributed by atoms with Crippen LogP contribution < -0.4 is 11.5 Å². The summed E-state index contributed by atoms with van der Waals surface area (Å²) in [5.41, 5.74) is 7.97. The predicted molar refractivity (Wildman–Crippen MR) is 68.2 cm³/mol. The molecule has 0 heterocycles. The number of benzene rings is 2. The Morgan fingerprint density at radius 3 is 1.35 bits per heavy atom. The van der Waals surface area contributed by atoms with Crippen LogP contribution in [0.25, 0.3) is 0 Å². The summed E-state index contributed by atoms with van der Waals surface area (Å²) in [4.78, 5) is 25.0. The smallest absolute Gasteiger partial charge is 0.204 e. The molecule has 0 fully saturated rings. The van der Waals surface area contributed by atoms with Gasteiger partial charge in [0.15, 0.2) is 0 Å². The van der Waals surface area contributed by atoms with Crippen LogP contribution in [-0.4, -0.2) is 21.8 Å². The van der Waals surface area contributed by atoms with Crippen LogP contribution in [0.1, 0.15) is 31.8 Å². The summed E-state index contributed by atoms with van der Waals surface area (Å²) in [6, 6.07) is 5.55. The van der Waals surface area contributed by atoms with Gasteiger partial charge in [-0.05, 0) is 12.1 Å². The molecule has 1 aliphatic carbocycles. The fourth-order valence-corrected chi connectivity index (χ4v) is 2.50. The second kappa shape index (κ2) is 3.89. The van der Waals surface area contributed by atoms with Gasteiger partial charge >= 0.3 is 0 Å². The molecule has 0 aromatic heterocycles. The summed E-state index contributed by atoms with van der Waals surface area (Å²) < 4.78 is 0. The Kier molecular flexibility index (Phi) is 2.40. The van der Waals surface area contributed by atoms with Crippen molar-refractivity contribution in [2.45, 2.75) is 0 Å². The van der Waals surface area contributed by atoms with Gasteiger partial charge in [0.2, 0.25) is 11.6 Å². The first kappa shape index (κ1) is 12.3. The fourth-order valence-electron chi connectivity index (χ4n) is 2.50. The molecule has 2 aromatic carbocycles. The van der Waals surface area contributed by atoms with Gasteiger partial charge in [-0.3, -0.25) is 9.59 Å². The zero-order valence-electron chi connectivity index (χ0n) is 10.4. The highest BCUT2D eigenvalue weighted by molar-refractivity contribution is 6.32. The molecule has 0 aliphatic heterocycles. The molecule has 6 heteroatoms. The van der Waals surface area contributed by atoms with E-state index in [9.17, 15) is 19.8 Å². The van der Waals surface area contributed by atoms with Crippen LogP contribution in [0.15, 0.2) is 24.3 Å². The molecule has 0 bridgehead atoms. The number of aromatic hydroxyl groups is 2. The van der Waals surface area contributed by atoms with Crippen molar-refractivity contribution >= 4 is 22.9 Å². The largest absolute Gasteiger partial charge is 0.507 e. The zero-order valence-corrected chi connectivity index (χ0v) is 10.4. The lowest BCUT2D eigenvalue weighted by molar-refractivity contribution is -0.256. The Balaban J connectivity index is 2.46. The van der Waals surface area contributed by atoms with E-state index in [2.05, 4.69) is 11.5 Å². The van der Waals surface area contributed by atoms with Gasteiger partial charge in [0, 0.05) is 12.1 Å². The van der Waals surface area contributed by atoms with E-state index < -0.39 is 11.6 Å². The predicted octanol–water partition coefficient (Wildman–Crippen LogP) is -0.380. The van der Waals surface area contributed by atoms with Crippen molar-refractivity contribution in [3.05, 3.63) is 46.5 Å². The number of hydrogen-bond acceptors (Lipinski definition) is 4. The summed E-state index contributed by atoms with van der Waals surface area (Å²) in [5, 5.41) is 19.7. The standard InChI is InChI=1S/C14H10N2O4/c15-5-1-3-7(17)11-9(5)13(19)12-8(18)4-2-6(16)10(12)14(11)20/h1-4,17-18H,15-16H2/p+2. The van der Waals surface area contributed by atoms with Crippen LogP contribution in [0, 0.1) is 0 Å². The minimum atomic E-state index is -0.529. The van der Waals surface area contributed by atoms with Gasteiger partial charge in [0.05, 0.1) is 22.3 Å². The lowest BCUT2D eigenvalue weighted by Gasteiger charge is -2.19.